The van der Waals surface area contributed by atoms with Gasteiger partial charge in [0, 0.05) is 17.0 Å². The summed E-state index contributed by atoms with van der Waals surface area (Å²) >= 11 is 0. The summed E-state index contributed by atoms with van der Waals surface area (Å²) in [4.78, 5) is 42.0. The molecule has 0 radical (unpaired) electrons. The van der Waals surface area contributed by atoms with Crippen LogP contribution in [0.2, 0.25) is 0 Å². The first-order valence-electron chi connectivity index (χ1n) is 11.6. The zero-order chi connectivity index (χ0) is 25.1. The second-order valence-electron chi connectivity index (χ2n) is 10.2. The lowest BCUT2D eigenvalue weighted by Gasteiger charge is -2.35. The van der Waals surface area contributed by atoms with Crippen LogP contribution in [-0.4, -0.2) is 40.4 Å². The van der Waals surface area contributed by atoms with Crippen molar-refractivity contribution in [1.82, 2.24) is 10.2 Å². The van der Waals surface area contributed by atoms with Gasteiger partial charge in [0.2, 0.25) is 11.8 Å². The molecule has 0 bridgehead atoms. The van der Waals surface area contributed by atoms with Gasteiger partial charge in [-0.3, -0.25) is 19.8 Å². The molecule has 3 aromatic carbocycles. The number of carbonyl (C=O) groups excluding carboxylic acids is 2. The van der Waals surface area contributed by atoms with Crippen molar-refractivity contribution in [2.24, 2.45) is 11.8 Å². The van der Waals surface area contributed by atoms with Gasteiger partial charge in [-0.2, -0.15) is 0 Å². The first-order valence-corrected chi connectivity index (χ1v) is 11.6. The molecule has 35 heavy (non-hydrogen) atoms. The molecule has 5 rings (SSSR count). The summed E-state index contributed by atoms with van der Waals surface area (Å²) in [5, 5.41) is 15.6. The van der Waals surface area contributed by atoms with E-state index in [1.165, 1.54) is 4.90 Å². The molecule has 2 fully saturated rings. The van der Waals surface area contributed by atoms with Gasteiger partial charge in [0.25, 0.3) is 0 Å². The van der Waals surface area contributed by atoms with Crippen molar-refractivity contribution in [2.45, 2.75) is 37.9 Å². The number of hydrogen-bond acceptors (Lipinski definition) is 5. The highest BCUT2D eigenvalue weighted by Crippen LogP contribution is 2.55. The van der Waals surface area contributed by atoms with E-state index in [1.54, 1.807) is 58.2 Å². The van der Waals surface area contributed by atoms with Gasteiger partial charge in [0.05, 0.1) is 18.9 Å². The number of rotatable bonds is 4. The van der Waals surface area contributed by atoms with E-state index in [1.807, 2.05) is 36.4 Å². The summed E-state index contributed by atoms with van der Waals surface area (Å²) in [7, 11) is 1.59. The molecule has 4 atom stereocenters. The Morgan fingerprint density at radius 1 is 0.943 bits per heavy atom. The van der Waals surface area contributed by atoms with Gasteiger partial charge in [-0.15, -0.1) is 0 Å². The Labute approximate surface area is 203 Å². The lowest BCUT2D eigenvalue weighted by atomic mass is 9.75. The Morgan fingerprint density at radius 3 is 2.17 bits per heavy atom. The number of methoxy groups -OCH3 is 1. The topological polar surface area (TPSA) is 95.9 Å². The lowest BCUT2D eigenvalue weighted by Crippen LogP contribution is -2.55. The molecule has 0 aliphatic carbocycles. The van der Waals surface area contributed by atoms with Crippen molar-refractivity contribution in [3.05, 3.63) is 77.9 Å². The maximum absolute atomic E-state index is 13.9. The van der Waals surface area contributed by atoms with Crippen LogP contribution in [0.4, 0.5) is 0 Å². The van der Waals surface area contributed by atoms with E-state index < -0.39 is 40.8 Å². The molecule has 2 amide bonds. The number of benzene rings is 3. The summed E-state index contributed by atoms with van der Waals surface area (Å²) in [6.07, 6.45) is 0. The van der Waals surface area contributed by atoms with E-state index in [9.17, 15) is 19.5 Å². The number of carbonyl (C=O) groups is 3. The number of amides is 2. The van der Waals surface area contributed by atoms with Crippen molar-refractivity contribution in [2.75, 3.05) is 7.11 Å². The minimum atomic E-state index is -1.76. The highest BCUT2D eigenvalue weighted by molar-refractivity contribution is 6.10. The standard InChI is InChI=1S/C28H28N2O5/c1-27(2,3)30-24(31)21-22(25(30)32)28(26(33)34,16-10-6-5-7-11-16)29-23(21)19-14-15-20(35-4)18-13-9-8-12-17(18)19/h5-15,21-23,29H,1-4H3,(H,33,34). The zero-order valence-electron chi connectivity index (χ0n) is 20.1. The molecule has 2 aliphatic heterocycles. The Morgan fingerprint density at radius 2 is 1.57 bits per heavy atom. The Balaban J connectivity index is 1.79. The molecule has 0 spiro atoms. The molecular weight excluding hydrogens is 444 g/mol. The number of carboxylic acids is 1. The first kappa shape index (κ1) is 23.1. The molecule has 3 aromatic rings. The predicted molar refractivity (Wildman–Crippen MR) is 131 cm³/mol. The third-order valence-electron chi connectivity index (χ3n) is 7.27. The van der Waals surface area contributed by atoms with Crippen LogP contribution in [0.3, 0.4) is 0 Å². The highest BCUT2D eigenvalue weighted by Gasteiger charge is 2.70. The molecule has 2 heterocycles. The zero-order valence-corrected chi connectivity index (χ0v) is 20.1. The largest absolute Gasteiger partial charge is 0.496 e. The van der Waals surface area contributed by atoms with E-state index in [0.717, 1.165) is 16.3 Å². The molecule has 7 nitrogen and oxygen atoms in total. The smallest absolute Gasteiger partial charge is 0.329 e. The second kappa shape index (κ2) is 7.92. The van der Waals surface area contributed by atoms with Crippen molar-refractivity contribution in [3.63, 3.8) is 0 Å². The first-order chi connectivity index (χ1) is 16.6. The Bertz CT molecular complexity index is 1350. The third-order valence-corrected chi connectivity index (χ3v) is 7.27. The van der Waals surface area contributed by atoms with Gasteiger partial charge in [-0.05, 0) is 43.4 Å². The second-order valence-corrected chi connectivity index (χ2v) is 10.2. The normalized spacial score (nSPS) is 26.3. The molecule has 2 aliphatic rings. The minimum Gasteiger partial charge on any atom is -0.496 e. The summed E-state index contributed by atoms with van der Waals surface area (Å²) in [5.41, 5.74) is -1.34. The Hall–Kier alpha value is -3.71. The summed E-state index contributed by atoms with van der Waals surface area (Å²) < 4.78 is 5.54. The number of carboxylic acid groups (broad SMARTS) is 1. The molecule has 7 heteroatoms. The van der Waals surface area contributed by atoms with Crippen LogP contribution in [0.15, 0.2) is 66.7 Å². The van der Waals surface area contributed by atoms with Gasteiger partial charge in [0.1, 0.15) is 5.75 Å². The number of fused-ring (bicyclic) bond motifs is 2. The summed E-state index contributed by atoms with van der Waals surface area (Å²) in [6.45, 7) is 5.38. The molecule has 2 N–H and O–H groups in total. The van der Waals surface area contributed by atoms with Crippen LogP contribution in [-0.2, 0) is 19.9 Å². The average molecular weight is 473 g/mol. The molecule has 0 aromatic heterocycles. The maximum Gasteiger partial charge on any atom is 0.329 e. The van der Waals surface area contributed by atoms with Crippen LogP contribution < -0.4 is 10.1 Å². The van der Waals surface area contributed by atoms with E-state index >= 15 is 0 Å². The number of ether oxygens (including phenoxy) is 1. The SMILES string of the molecule is COc1ccc(C2NC(C(=O)O)(c3ccccc3)C3C(=O)N(C(C)(C)C)C(=O)C23)c2ccccc12. The van der Waals surface area contributed by atoms with Crippen molar-refractivity contribution < 1.29 is 24.2 Å². The number of imide groups is 1. The lowest BCUT2D eigenvalue weighted by molar-refractivity contribution is -0.154. The van der Waals surface area contributed by atoms with Gasteiger partial charge in [-0.25, -0.2) is 4.79 Å². The van der Waals surface area contributed by atoms with Gasteiger partial charge < -0.3 is 9.84 Å². The number of hydrogen-bond donors (Lipinski definition) is 2. The monoisotopic (exact) mass is 472 g/mol. The molecule has 180 valence electrons. The van der Waals surface area contributed by atoms with E-state index in [0.29, 0.717) is 11.3 Å². The van der Waals surface area contributed by atoms with Crippen molar-refractivity contribution in [3.8, 4) is 5.75 Å². The van der Waals surface area contributed by atoms with Crippen LogP contribution in [0, 0.1) is 11.8 Å². The van der Waals surface area contributed by atoms with Crippen LogP contribution in [0.5, 0.6) is 5.75 Å². The quantitative estimate of drug-likeness (QED) is 0.560. The number of aliphatic carboxylic acids is 1. The fourth-order valence-corrected chi connectivity index (χ4v) is 5.87. The minimum absolute atomic E-state index is 0.357. The fraction of sp³-hybridized carbons (Fsp3) is 0.321. The van der Waals surface area contributed by atoms with E-state index in [4.69, 9.17) is 4.74 Å². The van der Waals surface area contributed by atoms with Crippen LogP contribution in [0.25, 0.3) is 10.8 Å². The number of nitrogens with one attached hydrogen (secondary N) is 1. The molecular formula is C28H28N2O5. The molecule has 2 saturated heterocycles. The van der Waals surface area contributed by atoms with E-state index in [-0.39, 0.29) is 5.91 Å². The number of nitrogens with zero attached hydrogens (tertiary/aromatic N) is 1. The molecule has 4 unspecified atom stereocenters. The van der Waals surface area contributed by atoms with Crippen LogP contribution >= 0.6 is 0 Å². The van der Waals surface area contributed by atoms with Gasteiger partial charge in [-0.1, -0.05) is 60.7 Å². The third kappa shape index (κ3) is 3.18. The predicted octanol–water partition coefficient (Wildman–Crippen LogP) is 3.87. The average Bonchev–Trinajstić information content (AvgIpc) is 3.33. The van der Waals surface area contributed by atoms with Crippen molar-refractivity contribution >= 4 is 28.6 Å². The number of likely N-dealkylation sites (tertiary alicyclic amines) is 1. The van der Waals surface area contributed by atoms with E-state index in [2.05, 4.69) is 5.32 Å². The highest BCUT2D eigenvalue weighted by atomic mass is 16.5. The van der Waals surface area contributed by atoms with Crippen molar-refractivity contribution in [1.29, 1.82) is 0 Å². The van der Waals surface area contributed by atoms with Gasteiger partial charge in [0.15, 0.2) is 5.54 Å². The fourth-order valence-electron chi connectivity index (χ4n) is 5.87. The summed E-state index contributed by atoms with van der Waals surface area (Å²) in [5.74, 6) is -3.31. The van der Waals surface area contributed by atoms with Crippen LogP contribution in [0.1, 0.15) is 37.9 Å². The Kier molecular flexibility index (Phi) is 5.21. The van der Waals surface area contributed by atoms with Gasteiger partial charge >= 0.3 is 5.97 Å². The molecule has 0 saturated carbocycles. The maximum atomic E-state index is 13.9. The summed E-state index contributed by atoms with van der Waals surface area (Å²) in [6, 6.07) is 19.3.